The molecule has 0 bridgehead atoms. The smallest absolute Gasteiger partial charge is 0.129 e. The molecule has 1 aromatic rings. The number of anilines is 1. The number of aliphatic hydroxyl groups excluding tert-OH is 1. The lowest BCUT2D eigenvalue weighted by Gasteiger charge is -2.24. The zero-order chi connectivity index (χ0) is 11.8. The van der Waals surface area contributed by atoms with E-state index in [0.29, 0.717) is 0 Å². The van der Waals surface area contributed by atoms with Gasteiger partial charge in [0, 0.05) is 18.3 Å². The van der Waals surface area contributed by atoms with E-state index in [1.165, 1.54) is 32.2 Å². The van der Waals surface area contributed by atoms with Crippen LogP contribution in [0.15, 0.2) is 12.1 Å². The zero-order valence-corrected chi connectivity index (χ0v) is 10.4. The van der Waals surface area contributed by atoms with E-state index in [1.807, 2.05) is 13.0 Å². The number of hydrogen-bond donors (Lipinski definition) is 1. The summed E-state index contributed by atoms with van der Waals surface area (Å²) in [6.07, 6.45) is 5.40. The SMILES string of the molecule is Cc1nc(N(CC2CC2)C2CC2)ccc1CO. The predicted molar refractivity (Wildman–Crippen MR) is 68.0 cm³/mol. The van der Waals surface area contributed by atoms with Crippen molar-refractivity contribution in [3.63, 3.8) is 0 Å². The monoisotopic (exact) mass is 232 g/mol. The number of aromatic nitrogens is 1. The maximum atomic E-state index is 9.17. The van der Waals surface area contributed by atoms with Crippen molar-refractivity contribution < 1.29 is 5.11 Å². The van der Waals surface area contributed by atoms with E-state index in [-0.39, 0.29) is 6.61 Å². The molecule has 92 valence electrons. The summed E-state index contributed by atoms with van der Waals surface area (Å²) < 4.78 is 0. The van der Waals surface area contributed by atoms with Gasteiger partial charge >= 0.3 is 0 Å². The molecule has 0 saturated heterocycles. The van der Waals surface area contributed by atoms with Crippen LogP contribution >= 0.6 is 0 Å². The van der Waals surface area contributed by atoms with E-state index in [9.17, 15) is 5.11 Å². The Hall–Kier alpha value is -1.09. The molecule has 17 heavy (non-hydrogen) atoms. The minimum absolute atomic E-state index is 0.0885. The normalized spacial score (nSPS) is 19.4. The molecule has 0 aromatic carbocycles. The predicted octanol–water partition coefficient (Wildman–Crippen LogP) is 2.26. The minimum Gasteiger partial charge on any atom is -0.392 e. The quantitative estimate of drug-likeness (QED) is 0.846. The van der Waals surface area contributed by atoms with Crippen LogP contribution in [0.4, 0.5) is 5.82 Å². The van der Waals surface area contributed by atoms with Crippen LogP contribution in [0.1, 0.15) is 36.9 Å². The molecular weight excluding hydrogens is 212 g/mol. The summed E-state index contributed by atoms with van der Waals surface area (Å²) in [5.41, 5.74) is 1.90. The molecule has 3 rings (SSSR count). The molecule has 2 aliphatic carbocycles. The van der Waals surface area contributed by atoms with Gasteiger partial charge in [-0.15, -0.1) is 0 Å². The molecule has 2 aliphatic rings. The third kappa shape index (κ3) is 2.44. The van der Waals surface area contributed by atoms with Crippen LogP contribution in [0.25, 0.3) is 0 Å². The molecule has 2 fully saturated rings. The van der Waals surface area contributed by atoms with Crippen molar-refractivity contribution in [2.45, 2.75) is 45.3 Å². The fourth-order valence-corrected chi connectivity index (χ4v) is 2.30. The van der Waals surface area contributed by atoms with Gasteiger partial charge < -0.3 is 10.0 Å². The molecule has 0 unspecified atom stereocenters. The Balaban J connectivity index is 1.81. The molecule has 0 radical (unpaired) electrons. The van der Waals surface area contributed by atoms with E-state index >= 15 is 0 Å². The number of aliphatic hydroxyl groups is 1. The van der Waals surface area contributed by atoms with E-state index in [1.54, 1.807) is 0 Å². The zero-order valence-electron chi connectivity index (χ0n) is 10.4. The van der Waals surface area contributed by atoms with Crippen LogP contribution in [0.2, 0.25) is 0 Å². The average Bonchev–Trinajstić information content (AvgIpc) is 3.17. The molecule has 3 nitrogen and oxygen atoms in total. The first-order chi connectivity index (χ1) is 8.28. The number of rotatable bonds is 5. The van der Waals surface area contributed by atoms with Crippen molar-refractivity contribution in [2.75, 3.05) is 11.4 Å². The van der Waals surface area contributed by atoms with Crippen LogP contribution in [0.3, 0.4) is 0 Å². The Kier molecular flexibility index (Phi) is 2.79. The molecule has 0 amide bonds. The Morgan fingerprint density at radius 2 is 2.06 bits per heavy atom. The summed E-state index contributed by atoms with van der Waals surface area (Å²) in [6.45, 7) is 3.25. The number of nitrogens with zero attached hydrogens (tertiary/aromatic N) is 2. The minimum atomic E-state index is 0.0885. The molecule has 0 atom stereocenters. The molecule has 0 aliphatic heterocycles. The number of pyridine rings is 1. The maximum Gasteiger partial charge on any atom is 0.129 e. The van der Waals surface area contributed by atoms with Crippen molar-refractivity contribution >= 4 is 5.82 Å². The van der Waals surface area contributed by atoms with Gasteiger partial charge in [-0.3, -0.25) is 0 Å². The highest BCUT2D eigenvalue weighted by molar-refractivity contribution is 5.44. The van der Waals surface area contributed by atoms with Crippen LogP contribution < -0.4 is 4.90 Å². The van der Waals surface area contributed by atoms with Gasteiger partial charge in [-0.1, -0.05) is 6.07 Å². The van der Waals surface area contributed by atoms with Gasteiger partial charge in [0.1, 0.15) is 5.82 Å². The lowest BCUT2D eigenvalue weighted by atomic mass is 10.2. The van der Waals surface area contributed by atoms with Gasteiger partial charge in [0.15, 0.2) is 0 Å². The largest absolute Gasteiger partial charge is 0.392 e. The van der Waals surface area contributed by atoms with Crippen LogP contribution in [-0.2, 0) is 6.61 Å². The summed E-state index contributed by atoms with van der Waals surface area (Å²) in [6, 6.07) is 4.81. The third-order valence-electron chi connectivity index (χ3n) is 3.78. The summed E-state index contributed by atoms with van der Waals surface area (Å²) in [5.74, 6) is 2.00. The Morgan fingerprint density at radius 3 is 2.59 bits per heavy atom. The molecule has 2 saturated carbocycles. The molecule has 1 aromatic heterocycles. The topological polar surface area (TPSA) is 36.4 Å². The van der Waals surface area contributed by atoms with Crippen molar-refractivity contribution in [1.82, 2.24) is 4.98 Å². The van der Waals surface area contributed by atoms with Crippen LogP contribution in [0, 0.1) is 12.8 Å². The van der Waals surface area contributed by atoms with Gasteiger partial charge in [-0.05, 0) is 50.2 Å². The van der Waals surface area contributed by atoms with Crippen molar-refractivity contribution in [1.29, 1.82) is 0 Å². The van der Waals surface area contributed by atoms with Crippen LogP contribution in [-0.4, -0.2) is 22.7 Å². The second-order valence-electron chi connectivity index (χ2n) is 5.40. The number of hydrogen-bond acceptors (Lipinski definition) is 3. The van der Waals surface area contributed by atoms with E-state index < -0.39 is 0 Å². The standard InChI is InChI=1S/C14H20N2O/c1-10-12(9-17)4-7-14(15-10)16(13-5-6-13)8-11-2-3-11/h4,7,11,13,17H,2-3,5-6,8-9H2,1H3. The van der Waals surface area contributed by atoms with Gasteiger partial charge in [0.25, 0.3) is 0 Å². The van der Waals surface area contributed by atoms with Crippen molar-refractivity contribution in [3.8, 4) is 0 Å². The Labute approximate surface area is 102 Å². The fraction of sp³-hybridized carbons (Fsp3) is 0.643. The Bertz CT molecular complexity index is 411. The first-order valence-electron chi connectivity index (χ1n) is 6.62. The van der Waals surface area contributed by atoms with Crippen molar-refractivity contribution in [3.05, 3.63) is 23.4 Å². The molecule has 1 N–H and O–H groups in total. The Morgan fingerprint density at radius 1 is 1.29 bits per heavy atom. The molecule has 3 heteroatoms. The third-order valence-corrected chi connectivity index (χ3v) is 3.78. The molecular formula is C14H20N2O. The second-order valence-corrected chi connectivity index (χ2v) is 5.40. The summed E-state index contributed by atoms with van der Waals surface area (Å²) in [4.78, 5) is 7.13. The summed E-state index contributed by atoms with van der Waals surface area (Å²) in [7, 11) is 0. The van der Waals surface area contributed by atoms with E-state index in [2.05, 4.69) is 16.0 Å². The van der Waals surface area contributed by atoms with Gasteiger partial charge in [-0.25, -0.2) is 4.98 Å². The summed E-state index contributed by atoms with van der Waals surface area (Å²) in [5, 5.41) is 9.17. The summed E-state index contributed by atoms with van der Waals surface area (Å²) >= 11 is 0. The number of aryl methyl sites for hydroxylation is 1. The van der Waals surface area contributed by atoms with E-state index in [4.69, 9.17) is 0 Å². The van der Waals surface area contributed by atoms with Gasteiger partial charge in [-0.2, -0.15) is 0 Å². The van der Waals surface area contributed by atoms with Crippen LogP contribution in [0.5, 0.6) is 0 Å². The van der Waals surface area contributed by atoms with Crippen molar-refractivity contribution in [2.24, 2.45) is 5.92 Å². The van der Waals surface area contributed by atoms with Gasteiger partial charge in [0.05, 0.1) is 6.61 Å². The maximum absolute atomic E-state index is 9.17. The molecule has 1 heterocycles. The average molecular weight is 232 g/mol. The lowest BCUT2D eigenvalue weighted by molar-refractivity contribution is 0.280. The fourth-order valence-electron chi connectivity index (χ4n) is 2.30. The highest BCUT2D eigenvalue weighted by Crippen LogP contribution is 2.37. The van der Waals surface area contributed by atoms with Gasteiger partial charge in [0.2, 0.25) is 0 Å². The first-order valence-corrected chi connectivity index (χ1v) is 6.62. The first kappa shape index (κ1) is 11.0. The van der Waals surface area contributed by atoms with E-state index in [0.717, 1.165) is 29.0 Å². The highest BCUT2D eigenvalue weighted by Gasteiger charge is 2.34. The highest BCUT2D eigenvalue weighted by atomic mass is 16.3. The lowest BCUT2D eigenvalue weighted by Crippen LogP contribution is -2.29. The second kappa shape index (κ2) is 4.30. The molecule has 0 spiro atoms.